The van der Waals surface area contributed by atoms with E-state index in [2.05, 4.69) is 22.5 Å². The average molecular weight is 395 g/mol. The molecule has 0 saturated heterocycles. The van der Waals surface area contributed by atoms with E-state index in [1.165, 1.54) is 70.6 Å². The Bertz CT molecular complexity index is 490. The molecule has 0 aliphatic carbocycles. The van der Waals surface area contributed by atoms with Gasteiger partial charge in [0.05, 0.1) is 13.0 Å². The molecule has 1 unspecified atom stereocenters. The summed E-state index contributed by atoms with van der Waals surface area (Å²) in [5.41, 5.74) is 1.13. The number of rotatable bonds is 17. The summed E-state index contributed by atoms with van der Waals surface area (Å²) in [6.45, 7) is 2.64. The van der Waals surface area contributed by atoms with E-state index in [1.54, 1.807) is 0 Å². The predicted molar refractivity (Wildman–Crippen MR) is 117 cm³/mol. The predicted octanol–water partition coefficient (Wildman–Crippen LogP) is 7.03. The third-order valence-corrected chi connectivity index (χ3v) is 5.16. The van der Waals surface area contributed by atoms with E-state index in [1.807, 2.05) is 18.2 Å². The molecule has 3 nitrogen and oxygen atoms in total. The second-order valence-electron chi connectivity index (χ2n) is 7.34. The fourth-order valence-electron chi connectivity index (χ4n) is 3.28. The number of hydrogen-bond acceptors (Lipinski definition) is 3. The first kappa shape index (κ1) is 24.1. The zero-order valence-electron chi connectivity index (χ0n) is 17.2. The monoisotopic (exact) mass is 394 g/mol. The normalized spacial score (nSPS) is 10.9. The van der Waals surface area contributed by atoms with Crippen molar-refractivity contribution >= 4 is 15.4 Å². The molecular formula is C23H39O3P. The molecule has 0 aromatic heterocycles. The molecule has 0 heterocycles. The highest BCUT2D eigenvalue weighted by molar-refractivity contribution is 7.09. The lowest BCUT2D eigenvalue weighted by atomic mass is 10.0. The van der Waals surface area contributed by atoms with Gasteiger partial charge in [-0.3, -0.25) is 4.79 Å². The molecule has 1 rings (SSSR count). The van der Waals surface area contributed by atoms with E-state index in [0.29, 0.717) is 12.4 Å². The fourth-order valence-corrected chi connectivity index (χ4v) is 3.40. The van der Waals surface area contributed by atoms with Crippen LogP contribution in [0.4, 0.5) is 0 Å². The molecule has 154 valence electrons. The molecule has 1 aromatic carbocycles. The van der Waals surface area contributed by atoms with Crippen LogP contribution in [0.25, 0.3) is 0 Å². The zero-order chi connectivity index (χ0) is 19.6. The Morgan fingerprint density at radius 1 is 0.852 bits per heavy atom. The van der Waals surface area contributed by atoms with Crippen LogP contribution in [0.3, 0.4) is 0 Å². The van der Waals surface area contributed by atoms with E-state index >= 15 is 0 Å². The average Bonchev–Trinajstić information content (AvgIpc) is 2.68. The Morgan fingerprint density at radius 3 is 2.00 bits per heavy atom. The number of ether oxygens (including phenoxy) is 1. The summed E-state index contributed by atoms with van der Waals surface area (Å²) in [5, 5.41) is 0. The van der Waals surface area contributed by atoms with Crippen molar-refractivity contribution in [2.75, 3.05) is 6.61 Å². The minimum atomic E-state index is -0.236. The maximum atomic E-state index is 11.8. The van der Waals surface area contributed by atoms with Gasteiger partial charge in [0.1, 0.15) is 5.75 Å². The van der Waals surface area contributed by atoms with Crippen molar-refractivity contribution in [1.82, 2.24) is 0 Å². The van der Waals surface area contributed by atoms with Crippen LogP contribution in [0.1, 0.15) is 96.0 Å². The lowest BCUT2D eigenvalue weighted by Crippen LogP contribution is -2.11. The number of carbonyl (C=O) groups is 1. The fraction of sp³-hybridized carbons (Fsp3) is 0.696. The van der Waals surface area contributed by atoms with Gasteiger partial charge in [0, 0.05) is 9.47 Å². The van der Waals surface area contributed by atoms with Crippen LogP contribution in [0.2, 0.25) is 0 Å². The maximum absolute atomic E-state index is 11.8. The Hall–Kier alpha value is -0.920. The van der Waals surface area contributed by atoms with Crippen molar-refractivity contribution in [2.24, 2.45) is 0 Å². The highest BCUT2D eigenvalue weighted by atomic mass is 31.0. The van der Waals surface area contributed by atoms with Crippen molar-refractivity contribution in [2.45, 2.75) is 96.8 Å². The number of esters is 1. The molecule has 0 saturated carbocycles. The molecule has 0 bridgehead atoms. The Morgan fingerprint density at radius 2 is 1.41 bits per heavy atom. The summed E-state index contributed by atoms with van der Waals surface area (Å²) in [4.78, 5) is 11.8. The first-order chi connectivity index (χ1) is 13.3. The number of aryl methyl sites for hydroxylation is 1. The zero-order valence-corrected chi connectivity index (χ0v) is 18.4. The summed E-state index contributed by atoms with van der Waals surface area (Å²) in [5.74, 6) is 0.467. The van der Waals surface area contributed by atoms with E-state index < -0.39 is 0 Å². The quantitative estimate of drug-likeness (QED) is 0.123. The van der Waals surface area contributed by atoms with Crippen LogP contribution in [-0.2, 0) is 15.7 Å². The van der Waals surface area contributed by atoms with Crippen molar-refractivity contribution in [3.63, 3.8) is 0 Å². The van der Waals surface area contributed by atoms with Gasteiger partial charge >= 0.3 is 5.97 Å². The number of benzene rings is 1. The number of hydrogen-bond donors (Lipinski definition) is 0. The summed E-state index contributed by atoms with van der Waals surface area (Å²) in [6, 6.07) is 7.88. The van der Waals surface area contributed by atoms with Crippen molar-refractivity contribution in [1.29, 1.82) is 0 Å². The number of unbranched alkanes of at least 4 members (excludes halogenated alkanes) is 11. The van der Waals surface area contributed by atoms with E-state index in [4.69, 9.17) is 9.26 Å². The van der Waals surface area contributed by atoms with Gasteiger partial charge in [-0.2, -0.15) is 0 Å². The lowest BCUT2D eigenvalue weighted by molar-refractivity contribution is -0.134. The van der Waals surface area contributed by atoms with Crippen molar-refractivity contribution in [3.8, 4) is 5.75 Å². The Balaban J connectivity index is 2.08. The molecule has 1 atom stereocenters. The van der Waals surface area contributed by atoms with Crippen LogP contribution >= 0.6 is 9.47 Å². The topological polar surface area (TPSA) is 35.5 Å². The van der Waals surface area contributed by atoms with Gasteiger partial charge in [-0.05, 0) is 24.5 Å². The summed E-state index contributed by atoms with van der Waals surface area (Å²) in [6.07, 6.45) is 17.5. The third kappa shape index (κ3) is 13.0. The third-order valence-electron chi connectivity index (χ3n) is 4.92. The SMILES string of the molecule is CCCCCCCCCCCCCCc1ccccc1OC(=O)CCOP. The standard InChI is InChI=1S/C23H39O3P/c1-2-3-4-5-6-7-8-9-10-11-12-13-16-21-17-14-15-18-22(21)26-23(24)19-20-25-27/h14-15,17-18H,2-13,16,19-20,27H2,1H3. The summed E-state index contributed by atoms with van der Waals surface area (Å²) < 4.78 is 10.3. The number of para-hydroxylation sites is 1. The molecule has 0 aliphatic rings. The summed E-state index contributed by atoms with van der Waals surface area (Å²) in [7, 11) is 2.15. The van der Waals surface area contributed by atoms with Crippen LogP contribution < -0.4 is 4.74 Å². The lowest BCUT2D eigenvalue weighted by Gasteiger charge is -2.10. The van der Waals surface area contributed by atoms with Crippen molar-refractivity contribution < 1.29 is 14.1 Å². The number of carbonyl (C=O) groups excluding carboxylic acids is 1. The Labute approximate surface area is 168 Å². The molecule has 0 amide bonds. The van der Waals surface area contributed by atoms with E-state index in [9.17, 15) is 4.79 Å². The van der Waals surface area contributed by atoms with Crippen LogP contribution in [0.5, 0.6) is 5.75 Å². The van der Waals surface area contributed by atoms with E-state index in [0.717, 1.165) is 18.4 Å². The van der Waals surface area contributed by atoms with Crippen LogP contribution in [-0.4, -0.2) is 12.6 Å². The molecular weight excluding hydrogens is 355 g/mol. The molecule has 4 heteroatoms. The molecule has 27 heavy (non-hydrogen) atoms. The second-order valence-corrected chi connectivity index (χ2v) is 7.68. The highest BCUT2D eigenvalue weighted by Gasteiger charge is 2.08. The van der Waals surface area contributed by atoms with Crippen LogP contribution in [0, 0.1) is 0 Å². The van der Waals surface area contributed by atoms with Gasteiger partial charge in [-0.25, -0.2) is 0 Å². The van der Waals surface area contributed by atoms with Gasteiger partial charge in [0.2, 0.25) is 0 Å². The molecule has 0 fully saturated rings. The van der Waals surface area contributed by atoms with E-state index in [-0.39, 0.29) is 12.4 Å². The van der Waals surface area contributed by atoms with Gasteiger partial charge in [-0.15, -0.1) is 0 Å². The smallest absolute Gasteiger partial charge is 0.313 e. The van der Waals surface area contributed by atoms with Gasteiger partial charge in [-0.1, -0.05) is 95.8 Å². The second kappa shape index (κ2) is 17.2. The first-order valence-electron chi connectivity index (χ1n) is 10.9. The van der Waals surface area contributed by atoms with Gasteiger partial charge < -0.3 is 9.26 Å². The summed E-state index contributed by atoms with van der Waals surface area (Å²) >= 11 is 0. The highest BCUT2D eigenvalue weighted by Crippen LogP contribution is 2.21. The molecule has 0 aliphatic heterocycles. The minimum Gasteiger partial charge on any atom is -0.426 e. The van der Waals surface area contributed by atoms with Crippen LogP contribution in [0.15, 0.2) is 24.3 Å². The molecule has 0 spiro atoms. The first-order valence-corrected chi connectivity index (χ1v) is 11.3. The molecule has 0 radical (unpaired) electrons. The molecule has 0 N–H and O–H groups in total. The Kier molecular flexibility index (Phi) is 15.4. The van der Waals surface area contributed by atoms with Gasteiger partial charge in [0.25, 0.3) is 0 Å². The molecule has 1 aromatic rings. The maximum Gasteiger partial charge on any atom is 0.313 e. The van der Waals surface area contributed by atoms with Crippen molar-refractivity contribution in [3.05, 3.63) is 29.8 Å². The largest absolute Gasteiger partial charge is 0.426 e. The van der Waals surface area contributed by atoms with Gasteiger partial charge in [0.15, 0.2) is 0 Å². The minimum absolute atomic E-state index is 0.236.